The van der Waals surface area contributed by atoms with Gasteiger partial charge < -0.3 is 25.2 Å². The maximum Gasteiger partial charge on any atom is 0.407 e. The van der Waals surface area contributed by atoms with E-state index in [0.717, 1.165) is 0 Å². The van der Waals surface area contributed by atoms with Crippen LogP contribution in [0.4, 0.5) is 4.79 Å². The highest BCUT2D eigenvalue weighted by molar-refractivity contribution is 5.85. The molecule has 0 saturated heterocycles. The monoisotopic (exact) mass is 332 g/mol. The number of alkyl carbamates (subject to hydrolysis) is 1. The number of nitrogens with one attached hydrogen (secondary N) is 2. The summed E-state index contributed by atoms with van der Waals surface area (Å²) in [6.45, 7) is 8.51. The van der Waals surface area contributed by atoms with Gasteiger partial charge in [-0.15, -0.1) is 0 Å². The second-order valence-electron chi connectivity index (χ2n) is 6.01. The molecule has 8 nitrogen and oxygen atoms in total. The zero-order valence-electron chi connectivity index (χ0n) is 14.5. The first kappa shape index (κ1) is 21.2. The first-order valence-corrected chi connectivity index (χ1v) is 7.71. The highest BCUT2D eigenvalue weighted by atomic mass is 16.6. The minimum Gasteiger partial charge on any atom is -0.465 e. The first-order chi connectivity index (χ1) is 10.6. The third kappa shape index (κ3) is 9.72. The van der Waals surface area contributed by atoms with Gasteiger partial charge in [-0.3, -0.25) is 9.59 Å². The number of rotatable bonds is 8. The number of hydrogen-bond acceptors (Lipinski definition) is 6. The Bertz CT molecular complexity index is 405. The van der Waals surface area contributed by atoms with Crippen molar-refractivity contribution < 1.29 is 29.0 Å². The molecular formula is C15H28N2O6. The number of hydrogen-bond donors (Lipinski definition) is 3. The number of esters is 1. The molecule has 0 aliphatic heterocycles. The second kappa shape index (κ2) is 10.0. The molecule has 2 atom stereocenters. The Hall–Kier alpha value is -1.83. The maximum atomic E-state index is 11.9. The van der Waals surface area contributed by atoms with Gasteiger partial charge >= 0.3 is 12.1 Å². The molecule has 0 rings (SSSR count). The number of aliphatic hydroxyl groups is 1. The molecule has 0 heterocycles. The molecular weight excluding hydrogens is 304 g/mol. The molecule has 8 heteroatoms. The maximum absolute atomic E-state index is 11.9. The quantitative estimate of drug-likeness (QED) is 0.564. The van der Waals surface area contributed by atoms with Crippen LogP contribution < -0.4 is 10.6 Å². The summed E-state index contributed by atoms with van der Waals surface area (Å²) in [4.78, 5) is 34.8. The van der Waals surface area contributed by atoms with Crippen LogP contribution in [0.5, 0.6) is 0 Å². The third-order valence-electron chi connectivity index (χ3n) is 2.66. The molecule has 0 aliphatic rings. The Morgan fingerprint density at radius 2 is 1.78 bits per heavy atom. The predicted molar refractivity (Wildman–Crippen MR) is 83.7 cm³/mol. The van der Waals surface area contributed by atoms with Crippen molar-refractivity contribution in [1.82, 2.24) is 10.6 Å². The fourth-order valence-corrected chi connectivity index (χ4v) is 1.74. The van der Waals surface area contributed by atoms with E-state index >= 15 is 0 Å². The molecule has 134 valence electrons. The van der Waals surface area contributed by atoms with E-state index in [1.54, 1.807) is 27.7 Å². The van der Waals surface area contributed by atoms with Crippen molar-refractivity contribution in [3.63, 3.8) is 0 Å². The molecule has 0 spiro atoms. The van der Waals surface area contributed by atoms with Crippen LogP contribution in [0.3, 0.4) is 0 Å². The van der Waals surface area contributed by atoms with Gasteiger partial charge in [-0.05, 0) is 34.1 Å². The summed E-state index contributed by atoms with van der Waals surface area (Å²) in [5.41, 5.74) is -0.683. The van der Waals surface area contributed by atoms with Crippen molar-refractivity contribution >= 4 is 18.0 Å². The Kier molecular flexibility index (Phi) is 9.24. The molecule has 0 aromatic heterocycles. The molecule has 2 amide bonds. The summed E-state index contributed by atoms with van der Waals surface area (Å²) in [7, 11) is 0. The summed E-state index contributed by atoms with van der Waals surface area (Å²) in [5.74, 6) is -1.35. The van der Waals surface area contributed by atoms with Gasteiger partial charge in [0.05, 0.1) is 12.6 Å². The largest absolute Gasteiger partial charge is 0.465 e. The summed E-state index contributed by atoms with van der Waals surface area (Å²) < 4.78 is 9.78. The minimum absolute atomic E-state index is 0.204. The van der Waals surface area contributed by atoms with E-state index in [2.05, 4.69) is 15.4 Å². The average molecular weight is 332 g/mol. The van der Waals surface area contributed by atoms with Crippen LogP contribution in [0.1, 0.15) is 47.5 Å². The summed E-state index contributed by atoms with van der Waals surface area (Å²) in [6.07, 6.45) is -1.18. The summed E-state index contributed by atoms with van der Waals surface area (Å²) in [6, 6.07) is -0.808. The van der Waals surface area contributed by atoms with Gasteiger partial charge in [0.2, 0.25) is 0 Å². The summed E-state index contributed by atoms with van der Waals surface area (Å²) in [5, 5.41) is 14.8. The van der Waals surface area contributed by atoms with Crippen LogP contribution in [0.2, 0.25) is 0 Å². The van der Waals surface area contributed by atoms with Crippen molar-refractivity contribution in [3.8, 4) is 0 Å². The van der Waals surface area contributed by atoms with Crippen molar-refractivity contribution in [2.45, 2.75) is 65.2 Å². The van der Waals surface area contributed by atoms with Crippen LogP contribution in [-0.2, 0) is 19.1 Å². The average Bonchev–Trinajstić information content (AvgIpc) is 2.41. The van der Waals surface area contributed by atoms with Crippen LogP contribution in [0, 0.1) is 0 Å². The smallest absolute Gasteiger partial charge is 0.407 e. The third-order valence-corrected chi connectivity index (χ3v) is 2.66. The number of carbonyl (C=O) groups is 3. The van der Waals surface area contributed by atoms with Gasteiger partial charge in [0.15, 0.2) is 6.10 Å². The van der Waals surface area contributed by atoms with Crippen LogP contribution in [0.25, 0.3) is 0 Å². The standard InChI is InChI=1S/C15H28N2O6/c1-6-8-10(17-14(21)23-15(3,4)5)12(19)13(20)16-9-11(18)22-7-2/h10,12,19H,6-9H2,1-5H3,(H,16,20)(H,17,21). The predicted octanol–water partition coefficient (Wildman–Crippen LogP) is 0.720. The lowest BCUT2D eigenvalue weighted by Gasteiger charge is -2.26. The van der Waals surface area contributed by atoms with E-state index in [0.29, 0.717) is 12.8 Å². The van der Waals surface area contributed by atoms with E-state index in [4.69, 9.17) is 4.74 Å². The normalized spacial score (nSPS) is 13.7. The zero-order chi connectivity index (χ0) is 18.0. The molecule has 3 N–H and O–H groups in total. The molecule has 0 aromatic carbocycles. The fraction of sp³-hybridized carbons (Fsp3) is 0.800. The van der Waals surface area contributed by atoms with E-state index in [1.807, 2.05) is 6.92 Å². The number of aliphatic hydroxyl groups excluding tert-OH is 1. The molecule has 0 fully saturated rings. The molecule has 0 radical (unpaired) electrons. The topological polar surface area (TPSA) is 114 Å². The van der Waals surface area contributed by atoms with Crippen molar-refractivity contribution in [2.24, 2.45) is 0 Å². The number of ether oxygens (including phenoxy) is 2. The molecule has 0 bridgehead atoms. The van der Waals surface area contributed by atoms with Crippen molar-refractivity contribution in [3.05, 3.63) is 0 Å². The van der Waals surface area contributed by atoms with E-state index in [-0.39, 0.29) is 13.2 Å². The fourth-order valence-electron chi connectivity index (χ4n) is 1.74. The number of amides is 2. The van der Waals surface area contributed by atoms with E-state index in [9.17, 15) is 19.5 Å². The lowest BCUT2D eigenvalue weighted by atomic mass is 10.1. The Morgan fingerprint density at radius 1 is 1.17 bits per heavy atom. The zero-order valence-corrected chi connectivity index (χ0v) is 14.5. The lowest BCUT2D eigenvalue weighted by molar-refractivity contribution is -0.144. The Labute approximate surface area is 136 Å². The highest BCUT2D eigenvalue weighted by Crippen LogP contribution is 2.09. The van der Waals surface area contributed by atoms with E-state index < -0.39 is 35.7 Å². The molecule has 0 saturated carbocycles. The van der Waals surface area contributed by atoms with Gasteiger partial charge in [0.25, 0.3) is 5.91 Å². The second-order valence-corrected chi connectivity index (χ2v) is 6.01. The SMILES string of the molecule is CCCC(NC(=O)OC(C)(C)C)C(O)C(=O)NCC(=O)OCC. The van der Waals surface area contributed by atoms with Crippen LogP contribution >= 0.6 is 0 Å². The molecule has 2 unspecified atom stereocenters. The van der Waals surface area contributed by atoms with Gasteiger partial charge in [-0.1, -0.05) is 13.3 Å². The van der Waals surface area contributed by atoms with E-state index in [1.165, 1.54) is 0 Å². The van der Waals surface area contributed by atoms with Crippen molar-refractivity contribution in [1.29, 1.82) is 0 Å². The Balaban J connectivity index is 4.59. The van der Waals surface area contributed by atoms with Gasteiger partial charge in [-0.2, -0.15) is 0 Å². The first-order valence-electron chi connectivity index (χ1n) is 7.71. The number of carbonyl (C=O) groups excluding carboxylic acids is 3. The minimum atomic E-state index is -1.49. The lowest BCUT2D eigenvalue weighted by Crippen LogP contribution is -2.52. The van der Waals surface area contributed by atoms with Crippen LogP contribution in [-0.4, -0.2) is 54.0 Å². The van der Waals surface area contributed by atoms with Crippen molar-refractivity contribution in [2.75, 3.05) is 13.2 Å². The van der Waals surface area contributed by atoms with Gasteiger partial charge in [-0.25, -0.2) is 4.79 Å². The molecule has 0 aliphatic carbocycles. The molecule has 23 heavy (non-hydrogen) atoms. The highest BCUT2D eigenvalue weighted by Gasteiger charge is 2.29. The summed E-state index contributed by atoms with van der Waals surface area (Å²) >= 11 is 0. The Morgan fingerprint density at radius 3 is 2.26 bits per heavy atom. The van der Waals surface area contributed by atoms with Crippen LogP contribution in [0.15, 0.2) is 0 Å². The van der Waals surface area contributed by atoms with Gasteiger partial charge in [0, 0.05) is 0 Å². The molecule has 0 aromatic rings. The van der Waals surface area contributed by atoms with Gasteiger partial charge in [0.1, 0.15) is 12.1 Å².